The normalized spacial score (nSPS) is 10.2. The second-order valence-electron chi connectivity index (χ2n) is 4.11. The average Bonchev–Trinajstić information content (AvgIpc) is 2.44. The maximum absolute atomic E-state index is 13.5. The third-order valence-electron chi connectivity index (χ3n) is 2.69. The van der Waals surface area contributed by atoms with Crippen LogP contribution in [0.5, 0.6) is 0 Å². The van der Waals surface area contributed by atoms with E-state index in [1.165, 1.54) is 12.3 Å². The number of benzene rings is 1. The van der Waals surface area contributed by atoms with Crippen molar-refractivity contribution in [2.75, 3.05) is 10.7 Å². The number of carbonyl (C=O) groups excluding carboxylic acids is 1. The van der Waals surface area contributed by atoms with E-state index in [4.69, 9.17) is 5.84 Å². The third kappa shape index (κ3) is 3.12. The van der Waals surface area contributed by atoms with Gasteiger partial charge in [0.15, 0.2) is 0 Å². The highest BCUT2D eigenvalue weighted by Crippen LogP contribution is 2.24. The summed E-state index contributed by atoms with van der Waals surface area (Å²) in [6.07, 6.45) is 1.38. The van der Waals surface area contributed by atoms with Crippen molar-refractivity contribution in [2.24, 2.45) is 5.84 Å². The van der Waals surface area contributed by atoms with Crippen LogP contribution in [0.2, 0.25) is 0 Å². The molecule has 0 spiro atoms. The molecule has 0 saturated heterocycles. The van der Waals surface area contributed by atoms with Crippen molar-refractivity contribution < 1.29 is 9.18 Å². The molecule has 0 aliphatic carbocycles. The lowest BCUT2D eigenvalue weighted by molar-refractivity contribution is 0.102. The molecule has 1 heterocycles. The van der Waals surface area contributed by atoms with Crippen molar-refractivity contribution in [3.8, 4) is 0 Å². The van der Waals surface area contributed by atoms with Crippen LogP contribution in [0.15, 0.2) is 34.9 Å². The van der Waals surface area contributed by atoms with E-state index in [0.717, 1.165) is 5.56 Å². The van der Waals surface area contributed by atoms with Gasteiger partial charge in [-0.1, -0.05) is 0 Å². The van der Waals surface area contributed by atoms with Crippen LogP contribution in [0.4, 0.5) is 15.9 Å². The molecule has 104 valence electrons. The Kier molecular flexibility index (Phi) is 4.31. The van der Waals surface area contributed by atoms with Crippen molar-refractivity contribution in [3.63, 3.8) is 0 Å². The van der Waals surface area contributed by atoms with Crippen LogP contribution in [-0.2, 0) is 0 Å². The number of nitrogens with zero attached hydrogens (tertiary/aromatic N) is 1. The summed E-state index contributed by atoms with van der Waals surface area (Å²) in [5.41, 5.74) is 3.88. The summed E-state index contributed by atoms with van der Waals surface area (Å²) < 4.78 is 13.8. The summed E-state index contributed by atoms with van der Waals surface area (Å²) in [6.45, 7) is 1.78. The Morgan fingerprint density at radius 3 is 2.75 bits per heavy atom. The zero-order valence-corrected chi connectivity index (χ0v) is 12.2. The van der Waals surface area contributed by atoms with Crippen LogP contribution >= 0.6 is 15.9 Å². The Morgan fingerprint density at radius 2 is 2.15 bits per heavy atom. The first-order chi connectivity index (χ1) is 9.51. The Morgan fingerprint density at radius 1 is 1.40 bits per heavy atom. The number of hydrazine groups is 1. The second-order valence-corrected chi connectivity index (χ2v) is 4.97. The van der Waals surface area contributed by atoms with Gasteiger partial charge in [-0.2, -0.15) is 0 Å². The van der Waals surface area contributed by atoms with Gasteiger partial charge < -0.3 is 10.7 Å². The van der Waals surface area contributed by atoms with Crippen molar-refractivity contribution in [3.05, 3.63) is 51.9 Å². The molecule has 2 rings (SSSR count). The van der Waals surface area contributed by atoms with E-state index in [1.54, 1.807) is 25.1 Å². The maximum atomic E-state index is 13.5. The molecule has 1 aromatic heterocycles. The number of aryl methyl sites for hydroxylation is 1. The molecule has 0 radical (unpaired) electrons. The molecule has 0 aliphatic heterocycles. The van der Waals surface area contributed by atoms with E-state index in [2.05, 4.69) is 31.7 Å². The minimum absolute atomic E-state index is 0.353. The Hall–Kier alpha value is -1.99. The Balaban J connectivity index is 2.20. The van der Waals surface area contributed by atoms with Crippen LogP contribution in [0.1, 0.15) is 15.9 Å². The number of rotatable bonds is 3. The van der Waals surface area contributed by atoms with Crippen LogP contribution in [0.25, 0.3) is 0 Å². The number of nitrogen functional groups attached to an aromatic ring is 1. The molecule has 1 amide bonds. The van der Waals surface area contributed by atoms with Gasteiger partial charge in [0.1, 0.15) is 11.6 Å². The predicted molar refractivity (Wildman–Crippen MR) is 78.8 cm³/mol. The summed E-state index contributed by atoms with van der Waals surface area (Å²) in [5, 5.41) is 2.64. The summed E-state index contributed by atoms with van der Waals surface area (Å²) in [5.74, 6) is 4.83. The van der Waals surface area contributed by atoms with E-state index in [9.17, 15) is 9.18 Å². The molecule has 0 atom stereocenters. The highest BCUT2D eigenvalue weighted by Gasteiger charge is 2.10. The fraction of sp³-hybridized carbons (Fsp3) is 0.0769. The number of carbonyl (C=O) groups is 1. The highest BCUT2D eigenvalue weighted by atomic mass is 79.9. The zero-order valence-electron chi connectivity index (χ0n) is 10.6. The van der Waals surface area contributed by atoms with Gasteiger partial charge in [-0.25, -0.2) is 15.2 Å². The molecule has 0 fully saturated rings. The zero-order chi connectivity index (χ0) is 14.7. The van der Waals surface area contributed by atoms with Gasteiger partial charge in [-0.05, 0) is 52.7 Å². The number of nitrogens with one attached hydrogen (secondary N) is 2. The van der Waals surface area contributed by atoms with E-state index in [1.807, 2.05) is 0 Å². The number of anilines is 2. The van der Waals surface area contributed by atoms with Gasteiger partial charge in [0.25, 0.3) is 5.91 Å². The van der Waals surface area contributed by atoms with Gasteiger partial charge in [0, 0.05) is 11.9 Å². The molecule has 7 heteroatoms. The molecule has 2 aromatic rings. The minimum atomic E-state index is -0.438. The molecule has 0 aliphatic rings. The molecular formula is C13H12BrFN4O. The largest absolute Gasteiger partial charge is 0.322 e. The summed E-state index contributed by atoms with van der Waals surface area (Å²) in [6, 6.07) is 6.01. The lowest BCUT2D eigenvalue weighted by atomic mass is 10.2. The van der Waals surface area contributed by atoms with E-state index >= 15 is 0 Å². The van der Waals surface area contributed by atoms with Crippen molar-refractivity contribution >= 4 is 33.3 Å². The predicted octanol–water partition coefficient (Wildman–Crippen LogP) is 2.83. The number of halogens is 2. The topological polar surface area (TPSA) is 80.0 Å². The first-order valence-corrected chi connectivity index (χ1v) is 6.50. The summed E-state index contributed by atoms with van der Waals surface area (Å²) in [4.78, 5) is 16.0. The van der Waals surface area contributed by atoms with Gasteiger partial charge in [0.05, 0.1) is 10.0 Å². The molecule has 0 unspecified atom stereocenters. The molecule has 20 heavy (non-hydrogen) atoms. The quantitative estimate of drug-likeness (QED) is 0.593. The van der Waals surface area contributed by atoms with E-state index < -0.39 is 5.82 Å². The monoisotopic (exact) mass is 338 g/mol. The van der Waals surface area contributed by atoms with Gasteiger partial charge in [-0.15, -0.1) is 0 Å². The molecule has 0 saturated carbocycles. The van der Waals surface area contributed by atoms with Crippen molar-refractivity contribution in [2.45, 2.75) is 6.92 Å². The van der Waals surface area contributed by atoms with Crippen LogP contribution in [0, 0.1) is 12.7 Å². The molecule has 0 bridgehead atoms. The van der Waals surface area contributed by atoms with Crippen LogP contribution < -0.4 is 16.6 Å². The minimum Gasteiger partial charge on any atom is -0.322 e. The van der Waals surface area contributed by atoms with Crippen LogP contribution in [-0.4, -0.2) is 10.9 Å². The third-order valence-corrected chi connectivity index (χ3v) is 3.30. The fourth-order valence-electron chi connectivity index (χ4n) is 1.59. The average molecular weight is 339 g/mol. The van der Waals surface area contributed by atoms with Crippen molar-refractivity contribution in [1.29, 1.82) is 0 Å². The number of hydrogen-bond acceptors (Lipinski definition) is 4. The highest BCUT2D eigenvalue weighted by molar-refractivity contribution is 9.10. The summed E-state index contributed by atoms with van der Waals surface area (Å²) >= 11 is 3.09. The molecule has 1 aromatic carbocycles. The molecular weight excluding hydrogens is 327 g/mol. The Bertz CT molecular complexity index is 646. The fourth-order valence-corrected chi connectivity index (χ4v) is 2.05. The first-order valence-electron chi connectivity index (χ1n) is 5.71. The number of amides is 1. The standard InChI is InChI=1S/C13H12BrFN4O/c1-7-4-9(14)10(15)5-11(7)18-13(20)8-2-3-12(19-16)17-6-8/h2-6H,16H2,1H3,(H,17,19)(H,18,20). The second kappa shape index (κ2) is 5.98. The SMILES string of the molecule is Cc1cc(Br)c(F)cc1NC(=O)c1ccc(NN)nc1. The number of aromatic nitrogens is 1. The van der Waals surface area contributed by atoms with Crippen LogP contribution in [0.3, 0.4) is 0 Å². The van der Waals surface area contributed by atoms with E-state index in [-0.39, 0.29) is 5.91 Å². The summed E-state index contributed by atoms with van der Waals surface area (Å²) in [7, 11) is 0. The lowest BCUT2D eigenvalue weighted by Gasteiger charge is -2.09. The van der Waals surface area contributed by atoms with Gasteiger partial charge >= 0.3 is 0 Å². The van der Waals surface area contributed by atoms with Crippen molar-refractivity contribution in [1.82, 2.24) is 4.98 Å². The number of nitrogens with two attached hydrogens (primary N) is 1. The van der Waals surface area contributed by atoms with Gasteiger partial charge in [0.2, 0.25) is 0 Å². The lowest BCUT2D eigenvalue weighted by Crippen LogP contribution is -2.14. The molecule has 4 N–H and O–H groups in total. The van der Waals surface area contributed by atoms with Gasteiger partial charge in [-0.3, -0.25) is 4.79 Å². The number of hydrogen-bond donors (Lipinski definition) is 3. The first kappa shape index (κ1) is 14.4. The smallest absolute Gasteiger partial charge is 0.257 e. The Labute approximate surface area is 123 Å². The number of pyridine rings is 1. The van der Waals surface area contributed by atoms with E-state index in [0.29, 0.717) is 21.5 Å². The molecule has 5 nitrogen and oxygen atoms in total. The maximum Gasteiger partial charge on any atom is 0.257 e.